The van der Waals surface area contributed by atoms with E-state index in [4.69, 9.17) is 0 Å². The molecule has 0 amide bonds. The average molecular weight is 394 g/mol. The first-order valence-electron chi connectivity index (χ1n) is 2.64. The normalized spacial score (nSPS) is 10.1. The van der Waals surface area contributed by atoms with Crippen LogP contribution in [0.5, 0.6) is 0 Å². The van der Waals surface area contributed by atoms with Crippen LogP contribution in [-0.2, 0) is 0 Å². The number of hydrogen-bond acceptors (Lipinski definition) is 3. The summed E-state index contributed by atoms with van der Waals surface area (Å²) in [5, 5.41) is 0.666. The van der Waals surface area contributed by atoms with E-state index in [1.165, 1.54) is 11.8 Å². The molecule has 0 spiro atoms. The number of aromatic amines is 1. The van der Waals surface area contributed by atoms with Gasteiger partial charge in [-0.3, -0.25) is 4.79 Å². The molecular formula is C5H4I2N2OS. The molecule has 1 N–H and O–H groups in total. The van der Waals surface area contributed by atoms with Gasteiger partial charge < -0.3 is 4.98 Å². The molecule has 11 heavy (non-hydrogen) atoms. The summed E-state index contributed by atoms with van der Waals surface area (Å²) >= 11 is 5.46. The maximum absolute atomic E-state index is 11.1. The summed E-state index contributed by atoms with van der Waals surface area (Å²) in [5.41, 5.74) is -0.0608. The molecule has 6 heteroatoms. The van der Waals surface area contributed by atoms with E-state index in [0.29, 0.717) is 8.73 Å². The van der Waals surface area contributed by atoms with E-state index in [2.05, 4.69) is 9.97 Å². The van der Waals surface area contributed by atoms with E-state index >= 15 is 0 Å². The molecule has 0 bridgehead atoms. The number of aromatic nitrogens is 2. The molecule has 0 aromatic carbocycles. The lowest BCUT2D eigenvalue weighted by molar-refractivity contribution is 0.907. The van der Waals surface area contributed by atoms with Crippen molar-refractivity contribution in [3.05, 3.63) is 17.6 Å². The molecule has 3 nitrogen and oxygen atoms in total. The van der Waals surface area contributed by atoms with Gasteiger partial charge in [-0.1, -0.05) is 11.8 Å². The van der Waals surface area contributed by atoms with E-state index in [0.717, 1.165) is 3.70 Å². The Morgan fingerprint density at radius 3 is 2.64 bits per heavy atom. The lowest BCUT2D eigenvalue weighted by Crippen LogP contribution is -2.14. The van der Waals surface area contributed by atoms with Crippen LogP contribution in [0.2, 0.25) is 0 Å². The van der Waals surface area contributed by atoms with Gasteiger partial charge in [-0.05, 0) is 51.4 Å². The highest BCUT2D eigenvalue weighted by atomic mass is 127. The second-order valence-corrected chi connectivity index (χ2v) is 4.58. The predicted octanol–water partition coefficient (Wildman–Crippen LogP) is 1.70. The number of halogens is 2. The van der Waals surface area contributed by atoms with Gasteiger partial charge in [-0.15, -0.1) is 0 Å². The number of rotatable bonds is 1. The molecule has 0 aliphatic rings. The van der Waals surface area contributed by atoms with E-state index in [9.17, 15) is 4.79 Å². The second-order valence-electron chi connectivity index (χ2n) is 1.68. The largest absolute Gasteiger partial charge is 0.301 e. The van der Waals surface area contributed by atoms with Crippen molar-refractivity contribution in [2.24, 2.45) is 0 Å². The number of hydrogen-bond donors (Lipinski definition) is 1. The molecule has 1 rings (SSSR count). The van der Waals surface area contributed by atoms with Crippen LogP contribution in [0.3, 0.4) is 0 Å². The third kappa shape index (κ3) is 2.31. The van der Waals surface area contributed by atoms with Crippen molar-refractivity contribution in [3.8, 4) is 0 Å². The van der Waals surface area contributed by atoms with Crippen molar-refractivity contribution in [3.63, 3.8) is 0 Å². The van der Waals surface area contributed by atoms with Gasteiger partial charge in [-0.25, -0.2) is 4.98 Å². The van der Waals surface area contributed by atoms with Crippen LogP contribution in [0.25, 0.3) is 0 Å². The summed E-state index contributed by atoms with van der Waals surface area (Å²) in [5.74, 6) is 0. The Hall–Kier alpha value is 0.690. The van der Waals surface area contributed by atoms with Crippen molar-refractivity contribution >= 4 is 56.9 Å². The molecule has 0 saturated heterocycles. The van der Waals surface area contributed by atoms with Crippen molar-refractivity contribution in [1.82, 2.24) is 9.97 Å². The van der Waals surface area contributed by atoms with E-state index in [1.807, 2.05) is 51.4 Å². The smallest absolute Gasteiger partial charge is 0.266 e. The zero-order valence-electron chi connectivity index (χ0n) is 5.52. The summed E-state index contributed by atoms with van der Waals surface area (Å²) in [6, 6.07) is 0. The number of nitrogens with zero attached hydrogens (tertiary/aromatic N) is 1. The Morgan fingerprint density at radius 1 is 1.55 bits per heavy atom. The zero-order chi connectivity index (χ0) is 8.43. The van der Waals surface area contributed by atoms with Crippen LogP contribution in [0, 0.1) is 7.27 Å². The van der Waals surface area contributed by atoms with E-state index in [1.54, 1.807) is 0 Å². The summed E-state index contributed by atoms with van der Waals surface area (Å²) in [6.45, 7) is 0. The Balaban J connectivity index is 3.32. The van der Waals surface area contributed by atoms with Gasteiger partial charge in [0.05, 0.1) is 0 Å². The summed E-state index contributed by atoms with van der Waals surface area (Å²) in [4.78, 5) is 17.9. The highest BCUT2D eigenvalue weighted by molar-refractivity contribution is 14.1. The maximum Gasteiger partial charge on any atom is 0.266 e. The molecule has 0 unspecified atom stereocenters. The van der Waals surface area contributed by atoms with Crippen LogP contribution >= 0.6 is 56.9 Å². The van der Waals surface area contributed by atoms with Crippen molar-refractivity contribution in [2.75, 3.05) is 6.26 Å². The van der Waals surface area contributed by atoms with E-state index in [-0.39, 0.29) is 5.56 Å². The molecule has 1 aromatic rings. The topological polar surface area (TPSA) is 45.8 Å². The highest BCUT2D eigenvalue weighted by Gasteiger charge is 2.03. The highest BCUT2D eigenvalue weighted by Crippen LogP contribution is 2.11. The minimum atomic E-state index is -0.0608. The van der Waals surface area contributed by atoms with Crippen molar-refractivity contribution in [1.29, 1.82) is 0 Å². The molecule has 1 aromatic heterocycles. The summed E-state index contributed by atoms with van der Waals surface area (Å²) < 4.78 is 1.41. The zero-order valence-corrected chi connectivity index (χ0v) is 10.7. The molecule has 60 valence electrons. The maximum atomic E-state index is 11.1. The van der Waals surface area contributed by atoms with Gasteiger partial charge in [0, 0.05) is 0 Å². The first kappa shape index (κ1) is 9.78. The van der Waals surface area contributed by atoms with Crippen LogP contribution in [0.4, 0.5) is 0 Å². The van der Waals surface area contributed by atoms with E-state index < -0.39 is 0 Å². The molecule has 0 aliphatic carbocycles. The molecule has 0 atom stereocenters. The van der Waals surface area contributed by atoms with Crippen molar-refractivity contribution in [2.45, 2.75) is 5.16 Å². The molecule has 0 aliphatic heterocycles. The SMILES string of the molecule is CSc1nc(I)c(I)c(=O)[nH]1. The molecular weight excluding hydrogens is 390 g/mol. The third-order valence-electron chi connectivity index (χ3n) is 0.994. The number of thioether (sulfide) groups is 1. The van der Waals surface area contributed by atoms with Gasteiger partial charge in [0.1, 0.15) is 7.27 Å². The Kier molecular flexibility index (Phi) is 3.62. The first-order chi connectivity index (χ1) is 5.15. The lowest BCUT2D eigenvalue weighted by Gasteiger charge is -1.97. The fraction of sp³-hybridized carbons (Fsp3) is 0.200. The van der Waals surface area contributed by atoms with Gasteiger partial charge in [0.15, 0.2) is 5.16 Å². The van der Waals surface area contributed by atoms with Gasteiger partial charge in [-0.2, -0.15) is 0 Å². The first-order valence-corrected chi connectivity index (χ1v) is 6.02. The predicted molar refractivity (Wildman–Crippen MR) is 62.1 cm³/mol. The average Bonchev–Trinajstić information content (AvgIpc) is 1.99. The van der Waals surface area contributed by atoms with Crippen molar-refractivity contribution < 1.29 is 0 Å². The molecule has 0 saturated carbocycles. The molecule has 0 radical (unpaired) electrons. The standard InChI is InChI=1S/C5H4I2N2OS/c1-11-5-8-3(7)2(6)4(10)9-5/h1H3,(H,8,9,10). The fourth-order valence-corrected chi connectivity index (χ4v) is 1.79. The summed E-state index contributed by atoms with van der Waals surface area (Å²) in [6.07, 6.45) is 1.88. The number of H-pyrrole nitrogens is 1. The van der Waals surface area contributed by atoms with Gasteiger partial charge in [0.2, 0.25) is 0 Å². The summed E-state index contributed by atoms with van der Waals surface area (Å²) in [7, 11) is 0. The van der Waals surface area contributed by atoms with Crippen LogP contribution in [-0.4, -0.2) is 16.2 Å². The van der Waals surface area contributed by atoms with Crippen LogP contribution < -0.4 is 5.56 Å². The molecule has 0 fully saturated rings. The third-order valence-corrected chi connectivity index (χ3v) is 4.39. The van der Waals surface area contributed by atoms with Crippen LogP contribution in [0.1, 0.15) is 0 Å². The number of nitrogens with one attached hydrogen (secondary N) is 1. The minimum absolute atomic E-state index is 0.0608. The van der Waals surface area contributed by atoms with Crippen LogP contribution in [0.15, 0.2) is 9.95 Å². The lowest BCUT2D eigenvalue weighted by atomic mass is 10.7. The minimum Gasteiger partial charge on any atom is -0.301 e. The van der Waals surface area contributed by atoms with Gasteiger partial charge >= 0.3 is 0 Å². The van der Waals surface area contributed by atoms with Gasteiger partial charge in [0.25, 0.3) is 5.56 Å². The quantitative estimate of drug-likeness (QED) is 0.342. The monoisotopic (exact) mass is 394 g/mol. The fourth-order valence-electron chi connectivity index (χ4n) is 0.509. The Bertz CT molecular complexity index is 325. The Labute approximate surface area is 95.0 Å². The Morgan fingerprint density at radius 2 is 2.18 bits per heavy atom. The molecule has 1 heterocycles. The second kappa shape index (κ2) is 4.08.